The Kier molecular flexibility index (Phi) is 5.56. The summed E-state index contributed by atoms with van der Waals surface area (Å²) in [6.07, 6.45) is 2.32. The summed E-state index contributed by atoms with van der Waals surface area (Å²) in [5.41, 5.74) is 3.36. The molecule has 0 radical (unpaired) electrons. The molecule has 1 aliphatic heterocycles. The third-order valence-corrected chi connectivity index (χ3v) is 4.27. The molecule has 0 aliphatic carbocycles. The Balaban J connectivity index is 1.63. The molecule has 5 heteroatoms. The molecule has 2 aromatic rings. The van der Waals surface area contributed by atoms with Crippen molar-refractivity contribution in [2.75, 3.05) is 18.5 Å². The molecule has 0 saturated carbocycles. The molecule has 132 valence electrons. The maximum Gasteiger partial charge on any atom is 0.335 e. The second-order valence-corrected chi connectivity index (χ2v) is 6.30. The van der Waals surface area contributed by atoms with E-state index in [1.165, 1.54) is 0 Å². The van der Waals surface area contributed by atoms with Gasteiger partial charge in [-0.2, -0.15) is 0 Å². The van der Waals surface area contributed by atoms with Gasteiger partial charge >= 0.3 is 5.97 Å². The highest BCUT2D eigenvalue weighted by Crippen LogP contribution is 2.27. The molecule has 0 spiro atoms. The number of rotatable bonds is 7. The molecule has 0 aromatic heterocycles. The van der Waals surface area contributed by atoms with Gasteiger partial charge in [-0.3, -0.25) is 0 Å². The van der Waals surface area contributed by atoms with Crippen LogP contribution in [0.4, 0.5) is 5.69 Å². The van der Waals surface area contributed by atoms with E-state index in [0.29, 0.717) is 18.7 Å². The summed E-state index contributed by atoms with van der Waals surface area (Å²) in [6, 6.07) is 12.9. The van der Waals surface area contributed by atoms with E-state index in [2.05, 4.69) is 5.32 Å². The first-order chi connectivity index (χ1) is 12.1. The van der Waals surface area contributed by atoms with Gasteiger partial charge in [-0.15, -0.1) is 0 Å². The van der Waals surface area contributed by atoms with Crippen LogP contribution in [0.15, 0.2) is 42.5 Å². The van der Waals surface area contributed by atoms with E-state index in [1.807, 2.05) is 37.3 Å². The lowest BCUT2D eigenvalue weighted by Gasteiger charge is -2.16. The van der Waals surface area contributed by atoms with Gasteiger partial charge in [-0.1, -0.05) is 18.2 Å². The van der Waals surface area contributed by atoms with Crippen molar-refractivity contribution in [3.63, 3.8) is 0 Å². The van der Waals surface area contributed by atoms with Gasteiger partial charge in [0.25, 0.3) is 0 Å². The number of carboxylic acids is 1. The van der Waals surface area contributed by atoms with Crippen molar-refractivity contribution in [2.45, 2.75) is 32.4 Å². The molecule has 0 bridgehead atoms. The van der Waals surface area contributed by atoms with Crippen LogP contribution in [0.3, 0.4) is 0 Å². The van der Waals surface area contributed by atoms with E-state index in [-0.39, 0.29) is 6.10 Å². The second kappa shape index (κ2) is 8.03. The lowest BCUT2D eigenvalue weighted by Crippen LogP contribution is -2.17. The number of carboxylic acid groups (broad SMARTS) is 1. The van der Waals surface area contributed by atoms with Crippen molar-refractivity contribution in [3.8, 4) is 5.75 Å². The minimum absolute atomic E-state index is 0.178. The van der Waals surface area contributed by atoms with Gasteiger partial charge in [-0.05, 0) is 55.2 Å². The smallest absolute Gasteiger partial charge is 0.335 e. The van der Waals surface area contributed by atoms with E-state index in [4.69, 9.17) is 14.6 Å². The average Bonchev–Trinajstić information content (AvgIpc) is 3.13. The van der Waals surface area contributed by atoms with Crippen molar-refractivity contribution >= 4 is 11.7 Å². The Morgan fingerprint density at radius 3 is 2.76 bits per heavy atom. The number of hydrogen-bond donors (Lipinski definition) is 2. The molecule has 5 nitrogen and oxygen atoms in total. The summed E-state index contributed by atoms with van der Waals surface area (Å²) in [6.45, 7) is 4.01. The Bertz CT molecular complexity index is 721. The van der Waals surface area contributed by atoms with Gasteiger partial charge in [0.1, 0.15) is 12.4 Å². The zero-order chi connectivity index (χ0) is 17.6. The third-order valence-electron chi connectivity index (χ3n) is 4.27. The van der Waals surface area contributed by atoms with Crippen LogP contribution in [-0.2, 0) is 11.3 Å². The van der Waals surface area contributed by atoms with Gasteiger partial charge in [0.15, 0.2) is 0 Å². The number of nitrogens with one attached hydrogen (secondary N) is 1. The quantitative estimate of drug-likeness (QED) is 0.800. The zero-order valence-corrected chi connectivity index (χ0v) is 14.3. The maximum absolute atomic E-state index is 10.9. The zero-order valence-electron chi connectivity index (χ0n) is 14.3. The van der Waals surface area contributed by atoms with Gasteiger partial charge in [-0.25, -0.2) is 4.79 Å². The predicted octanol–water partition coefficient (Wildman–Crippen LogP) is 3.86. The standard InChI is InChI=1S/C20H23NO4/c1-14-4-9-18(19(11-14)25-13-17-3-2-10-24-17)21-12-15-5-7-16(8-6-15)20(22)23/h4-9,11,17,21H,2-3,10,12-13H2,1H3,(H,22,23). The van der Waals surface area contributed by atoms with Gasteiger partial charge in [0, 0.05) is 13.2 Å². The van der Waals surface area contributed by atoms with Crippen LogP contribution in [0.1, 0.15) is 34.3 Å². The number of benzene rings is 2. The Hall–Kier alpha value is -2.53. The Morgan fingerprint density at radius 1 is 1.28 bits per heavy atom. The first kappa shape index (κ1) is 17.3. The van der Waals surface area contributed by atoms with Crippen LogP contribution in [0.2, 0.25) is 0 Å². The molecule has 25 heavy (non-hydrogen) atoms. The number of carbonyl (C=O) groups is 1. The van der Waals surface area contributed by atoms with E-state index in [1.54, 1.807) is 12.1 Å². The van der Waals surface area contributed by atoms with Crippen LogP contribution in [0.5, 0.6) is 5.75 Å². The number of ether oxygens (including phenoxy) is 2. The number of aryl methyl sites for hydroxylation is 1. The summed E-state index contributed by atoms with van der Waals surface area (Å²) < 4.78 is 11.6. The second-order valence-electron chi connectivity index (χ2n) is 6.30. The highest BCUT2D eigenvalue weighted by atomic mass is 16.5. The largest absolute Gasteiger partial charge is 0.489 e. The molecule has 2 N–H and O–H groups in total. The molecular formula is C20H23NO4. The first-order valence-corrected chi connectivity index (χ1v) is 8.53. The fraction of sp³-hybridized carbons (Fsp3) is 0.350. The van der Waals surface area contributed by atoms with Crippen molar-refractivity contribution in [1.82, 2.24) is 0 Å². The van der Waals surface area contributed by atoms with Crippen LogP contribution in [0, 0.1) is 6.92 Å². The lowest BCUT2D eigenvalue weighted by molar-refractivity contribution is 0.0681. The third kappa shape index (κ3) is 4.73. The molecule has 1 heterocycles. The van der Waals surface area contributed by atoms with E-state index < -0.39 is 5.97 Å². The molecule has 1 atom stereocenters. The number of aromatic carboxylic acids is 1. The molecular weight excluding hydrogens is 318 g/mol. The Labute approximate surface area is 147 Å². The summed E-state index contributed by atoms with van der Waals surface area (Å²) in [5.74, 6) is -0.0967. The molecule has 1 aliphatic rings. The monoisotopic (exact) mass is 341 g/mol. The fourth-order valence-corrected chi connectivity index (χ4v) is 2.82. The van der Waals surface area contributed by atoms with Gasteiger partial charge in [0.2, 0.25) is 0 Å². The normalized spacial score (nSPS) is 16.6. The van der Waals surface area contributed by atoms with Gasteiger partial charge in [0.05, 0.1) is 17.4 Å². The first-order valence-electron chi connectivity index (χ1n) is 8.53. The summed E-state index contributed by atoms with van der Waals surface area (Å²) in [7, 11) is 0. The SMILES string of the molecule is Cc1ccc(NCc2ccc(C(=O)O)cc2)c(OCC2CCCO2)c1. The summed E-state index contributed by atoms with van der Waals surface area (Å²) >= 11 is 0. The van der Waals surface area contributed by atoms with E-state index >= 15 is 0 Å². The van der Waals surface area contributed by atoms with Crippen LogP contribution >= 0.6 is 0 Å². The van der Waals surface area contributed by atoms with Gasteiger partial charge < -0.3 is 19.9 Å². The van der Waals surface area contributed by atoms with Crippen molar-refractivity contribution < 1.29 is 19.4 Å². The van der Waals surface area contributed by atoms with Crippen molar-refractivity contribution in [3.05, 3.63) is 59.2 Å². The van der Waals surface area contributed by atoms with Crippen molar-refractivity contribution in [1.29, 1.82) is 0 Å². The highest BCUT2D eigenvalue weighted by Gasteiger charge is 2.17. The number of hydrogen-bond acceptors (Lipinski definition) is 4. The maximum atomic E-state index is 10.9. The molecule has 3 rings (SSSR count). The highest BCUT2D eigenvalue weighted by molar-refractivity contribution is 5.87. The predicted molar refractivity (Wildman–Crippen MR) is 96.4 cm³/mol. The van der Waals surface area contributed by atoms with Crippen LogP contribution in [-0.4, -0.2) is 30.4 Å². The summed E-state index contributed by atoms with van der Waals surface area (Å²) in [4.78, 5) is 10.9. The van der Waals surface area contributed by atoms with Crippen LogP contribution < -0.4 is 10.1 Å². The molecule has 1 unspecified atom stereocenters. The molecule has 1 fully saturated rings. The minimum atomic E-state index is -0.914. The Morgan fingerprint density at radius 2 is 2.08 bits per heavy atom. The summed E-state index contributed by atoms with van der Waals surface area (Å²) in [5, 5.41) is 12.3. The molecule has 0 amide bonds. The van der Waals surface area contributed by atoms with E-state index in [9.17, 15) is 4.79 Å². The van der Waals surface area contributed by atoms with Crippen molar-refractivity contribution in [2.24, 2.45) is 0 Å². The van der Waals surface area contributed by atoms with E-state index in [0.717, 1.165) is 42.0 Å². The van der Waals surface area contributed by atoms with Crippen LogP contribution in [0.25, 0.3) is 0 Å². The topological polar surface area (TPSA) is 67.8 Å². The number of anilines is 1. The molecule has 2 aromatic carbocycles. The lowest BCUT2D eigenvalue weighted by atomic mass is 10.1. The molecule has 1 saturated heterocycles. The average molecular weight is 341 g/mol. The minimum Gasteiger partial charge on any atom is -0.489 e. The fourth-order valence-electron chi connectivity index (χ4n) is 2.82.